The van der Waals surface area contributed by atoms with Crippen molar-refractivity contribution in [3.8, 4) is 0 Å². The molecule has 4 nitrogen and oxygen atoms in total. The van der Waals surface area contributed by atoms with Crippen molar-refractivity contribution in [1.82, 2.24) is 9.97 Å². The van der Waals surface area contributed by atoms with Crippen LogP contribution in [0.2, 0.25) is 0 Å². The Labute approximate surface area is 132 Å². The number of aromatic amines is 1. The normalized spacial score (nSPS) is 24.7. The van der Waals surface area contributed by atoms with E-state index >= 15 is 0 Å². The van der Waals surface area contributed by atoms with Crippen molar-refractivity contribution in [3.05, 3.63) is 29.4 Å². The summed E-state index contributed by atoms with van der Waals surface area (Å²) in [4.78, 5) is 19.2. The molecule has 1 aromatic rings. The fraction of sp³-hybridized carbons (Fsp3) is 0.667. The summed E-state index contributed by atoms with van der Waals surface area (Å²) >= 11 is 0. The number of aromatic nitrogens is 2. The highest BCUT2D eigenvalue weighted by Crippen LogP contribution is 2.45. The molecule has 1 aromatic heterocycles. The molecule has 22 heavy (non-hydrogen) atoms. The van der Waals surface area contributed by atoms with Gasteiger partial charge in [0.15, 0.2) is 0 Å². The van der Waals surface area contributed by atoms with Crippen molar-refractivity contribution in [1.29, 1.82) is 0 Å². The minimum absolute atomic E-state index is 0.0511. The van der Waals surface area contributed by atoms with Gasteiger partial charge in [-0.25, -0.2) is 4.98 Å². The first-order chi connectivity index (χ1) is 10.8. The number of allylic oxidation sites excluding steroid dienone is 2. The van der Waals surface area contributed by atoms with Crippen LogP contribution in [0.3, 0.4) is 0 Å². The largest absolute Gasteiger partial charge is 0.395 e. The summed E-state index contributed by atoms with van der Waals surface area (Å²) in [5.41, 5.74) is 2.62. The number of H-pyrrole nitrogens is 1. The minimum atomic E-state index is -0.608. The second-order valence-electron chi connectivity index (χ2n) is 6.90. The summed E-state index contributed by atoms with van der Waals surface area (Å²) in [5, 5.41) is 9.98. The van der Waals surface area contributed by atoms with Gasteiger partial charge in [0.1, 0.15) is 12.1 Å². The van der Waals surface area contributed by atoms with Crippen LogP contribution in [-0.4, -0.2) is 28.0 Å². The van der Waals surface area contributed by atoms with Crippen LogP contribution < -0.4 is 0 Å². The first-order valence-electron chi connectivity index (χ1n) is 8.52. The summed E-state index contributed by atoms with van der Waals surface area (Å²) in [5.74, 6) is 1.18. The number of carbonyl (C=O) groups is 1. The highest BCUT2D eigenvalue weighted by molar-refractivity contribution is 5.60. The zero-order valence-electron chi connectivity index (χ0n) is 13.2. The van der Waals surface area contributed by atoms with Gasteiger partial charge in [-0.15, -0.1) is 0 Å². The van der Waals surface area contributed by atoms with E-state index < -0.39 is 5.41 Å². The molecular weight excluding hydrogens is 276 g/mol. The average Bonchev–Trinajstić information content (AvgIpc) is 3.10. The lowest BCUT2D eigenvalue weighted by Gasteiger charge is -2.40. The van der Waals surface area contributed by atoms with Crippen LogP contribution in [0.4, 0.5) is 0 Å². The molecule has 1 heterocycles. The van der Waals surface area contributed by atoms with Crippen molar-refractivity contribution < 1.29 is 9.90 Å². The van der Waals surface area contributed by atoms with Gasteiger partial charge in [-0.3, -0.25) is 0 Å². The Kier molecular flexibility index (Phi) is 4.77. The maximum atomic E-state index is 11.9. The predicted molar refractivity (Wildman–Crippen MR) is 85.3 cm³/mol. The average molecular weight is 302 g/mol. The summed E-state index contributed by atoms with van der Waals surface area (Å²) in [6.45, 7) is -0.0511. The number of hydrogen-bond acceptors (Lipinski definition) is 3. The zero-order chi connectivity index (χ0) is 15.4. The standard InChI is InChI=1S/C18H26N2O2/c21-12-18(13-22,8-7-17-19-9-10-20-17)16-6-5-14-3-1-2-4-15(14)11-16/h9-10,12,16,22H,1-8,11,13H2,(H,19,20). The molecule has 0 saturated carbocycles. The van der Waals surface area contributed by atoms with Crippen LogP contribution in [0.5, 0.6) is 0 Å². The molecule has 4 heteroatoms. The van der Waals surface area contributed by atoms with Crippen molar-refractivity contribution in [2.45, 2.75) is 57.8 Å². The van der Waals surface area contributed by atoms with Crippen LogP contribution in [0.25, 0.3) is 0 Å². The molecule has 3 rings (SSSR count). The monoisotopic (exact) mass is 302 g/mol. The number of aldehydes is 1. The van der Waals surface area contributed by atoms with Gasteiger partial charge in [-0.05, 0) is 57.3 Å². The molecule has 2 N–H and O–H groups in total. The summed E-state index contributed by atoms with van der Waals surface area (Å²) in [6.07, 6.45) is 14.2. The van der Waals surface area contributed by atoms with E-state index in [0.717, 1.165) is 31.4 Å². The topological polar surface area (TPSA) is 66.0 Å². The van der Waals surface area contributed by atoms with E-state index in [0.29, 0.717) is 12.8 Å². The summed E-state index contributed by atoms with van der Waals surface area (Å²) < 4.78 is 0. The second-order valence-corrected chi connectivity index (χ2v) is 6.90. The van der Waals surface area contributed by atoms with Crippen LogP contribution in [0.1, 0.15) is 57.2 Å². The predicted octanol–water partition coefficient (Wildman–Crippen LogP) is 3.19. The SMILES string of the molecule is O=CC(CO)(CCc1ncc[nH]1)C1CCC2=C(CCCC2)C1. The van der Waals surface area contributed by atoms with Gasteiger partial charge in [0.2, 0.25) is 0 Å². The van der Waals surface area contributed by atoms with E-state index in [1.165, 1.54) is 25.7 Å². The molecule has 2 aliphatic rings. The summed E-state index contributed by atoms with van der Waals surface area (Å²) in [7, 11) is 0. The smallest absolute Gasteiger partial charge is 0.128 e. The molecule has 2 unspecified atom stereocenters. The van der Waals surface area contributed by atoms with E-state index in [1.807, 2.05) is 0 Å². The highest BCUT2D eigenvalue weighted by Gasteiger charge is 2.40. The van der Waals surface area contributed by atoms with E-state index in [2.05, 4.69) is 9.97 Å². The summed E-state index contributed by atoms with van der Waals surface area (Å²) in [6, 6.07) is 0. The molecule has 0 saturated heterocycles. The number of nitrogens with zero attached hydrogens (tertiary/aromatic N) is 1. The third-order valence-electron chi connectivity index (χ3n) is 5.72. The highest BCUT2D eigenvalue weighted by atomic mass is 16.3. The van der Waals surface area contributed by atoms with Gasteiger partial charge in [0.05, 0.1) is 12.0 Å². The van der Waals surface area contributed by atoms with Gasteiger partial charge in [0.25, 0.3) is 0 Å². The maximum Gasteiger partial charge on any atom is 0.128 e. The van der Waals surface area contributed by atoms with Gasteiger partial charge < -0.3 is 14.9 Å². The van der Waals surface area contributed by atoms with E-state index in [-0.39, 0.29) is 12.5 Å². The lowest BCUT2D eigenvalue weighted by atomic mass is 9.65. The molecule has 2 atom stereocenters. The number of aryl methyl sites for hydroxylation is 1. The molecule has 0 fully saturated rings. The Hall–Kier alpha value is -1.42. The number of aliphatic hydroxyl groups excluding tert-OH is 1. The number of imidazole rings is 1. The number of rotatable bonds is 6. The van der Waals surface area contributed by atoms with E-state index in [9.17, 15) is 9.90 Å². The van der Waals surface area contributed by atoms with Crippen LogP contribution in [0, 0.1) is 11.3 Å². The Morgan fingerprint density at radius 3 is 2.82 bits per heavy atom. The fourth-order valence-corrected chi connectivity index (χ4v) is 4.21. The second kappa shape index (κ2) is 6.78. The molecule has 0 spiro atoms. The fourth-order valence-electron chi connectivity index (χ4n) is 4.21. The van der Waals surface area contributed by atoms with Gasteiger partial charge in [0, 0.05) is 18.8 Å². The van der Waals surface area contributed by atoms with Crippen LogP contribution in [-0.2, 0) is 11.2 Å². The first-order valence-corrected chi connectivity index (χ1v) is 8.52. The van der Waals surface area contributed by atoms with Gasteiger partial charge in [-0.1, -0.05) is 11.1 Å². The molecule has 0 aliphatic heterocycles. The first kappa shape index (κ1) is 15.5. The Morgan fingerprint density at radius 1 is 1.32 bits per heavy atom. The minimum Gasteiger partial charge on any atom is -0.395 e. The van der Waals surface area contributed by atoms with Crippen molar-refractivity contribution in [3.63, 3.8) is 0 Å². The molecule has 0 radical (unpaired) electrons. The number of carbonyl (C=O) groups excluding carboxylic acids is 1. The van der Waals surface area contributed by atoms with Crippen molar-refractivity contribution in [2.24, 2.45) is 11.3 Å². The number of nitrogens with one attached hydrogen (secondary N) is 1. The van der Waals surface area contributed by atoms with Gasteiger partial charge in [-0.2, -0.15) is 0 Å². The Morgan fingerprint density at radius 2 is 2.14 bits per heavy atom. The zero-order valence-corrected chi connectivity index (χ0v) is 13.2. The lowest BCUT2D eigenvalue weighted by molar-refractivity contribution is -0.123. The molecule has 0 amide bonds. The number of hydrogen-bond donors (Lipinski definition) is 2. The van der Waals surface area contributed by atoms with Crippen LogP contribution >= 0.6 is 0 Å². The third-order valence-corrected chi connectivity index (χ3v) is 5.72. The maximum absolute atomic E-state index is 11.9. The van der Waals surface area contributed by atoms with Crippen LogP contribution in [0.15, 0.2) is 23.5 Å². The number of aliphatic hydroxyl groups is 1. The molecule has 2 aliphatic carbocycles. The molecule has 0 aromatic carbocycles. The quantitative estimate of drug-likeness (QED) is 0.626. The van der Waals surface area contributed by atoms with E-state index in [1.54, 1.807) is 23.5 Å². The lowest BCUT2D eigenvalue weighted by Crippen LogP contribution is -2.38. The third kappa shape index (κ3) is 3.02. The molecule has 120 valence electrons. The molecular formula is C18H26N2O2. The van der Waals surface area contributed by atoms with Gasteiger partial charge >= 0.3 is 0 Å². The molecule has 0 bridgehead atoms. The van der Waals surface area contributed by atoms with Crippen molar-refractivity contribution >= 4 is 6.29 Å². The van der Waals surface area contributed by atoms with Crippen molar-refractivity contribution in [2.75, 3.05) is 6.61 Å². The Balaban J connectivity index is 1.72. The van der Waals surface area contributed by atoms with E-state index in [4.69, 9.17) is 0 Å². The Bertz CT molecular complexity index is 535.